The SMILES string of the molecule is CCNC(=NCc1cccc(OCC(=O)OC)c1)NCC.I. The fraction of sp³-hybridized carbons (Fsp3) is 0.467. The molecule has 124 valence electrons. The number of carbonyl (C=O) groups is 1. The maximum Gasteiger partial charge on any atom is 0.343 e. The van der Waals surface area contributed by atoms with Crippen LogP contribution < -0.4 is 15.4 Å². The lowest BCUT2D eigenvalue weighted by Crippen LogP contribution is -2.36. The number of guanidine groups is 1. The van der Waals surface area contributed by atoms with Crippen molar-refractivity contribution in [2.75, 3.05) is 26.8 Å². The standard InChI is InChI=1S/C15H23N3O3.HI/c1-4-16-15(17-5-2)18-10-12-7-6-8-13(9-12)21-11-14(19)20-3;/h6-9H,4-5,10-11H2,1-3H3,(H2,16,17,18);1H. The lowest BCUT2D eigenvalue weighted by molar-refractivity contribution is -0.142. The molecule has 0 fully saturated rings. The molecule has 0 aliphatic rings. The molecule has 6 nitrogen and oxygen atoms in total. The second kappa shape index (κ2) is 12.1. The number of nitrogens with one attached hydrogen (secondary N) is 2. The predicted octanol–water partition coefficient (Wildman–Crippen LogP) is 1.93. The van der Waals surface area contributed by atoms with Gasteiger partial charge in [0.2, 0.25) is 0 Å². The van der Waals surface area contributed by atoms with E-state index in [2.05, 4.69) is 20.4 Å². The second-order valence-electron chi connectivity index (χ2n) is 4.24. The average Bonchev–Trinajstić information content (AvgIpc) is 2.51. The zero-order chi connectivity index (χ0) is 15.5. The van der Waals surface area contributed by atoms with Gasteiger partial charge in [0.15, 0.2) is 12.6 Å². The van der Waals surface area contributed by atoms with Gasteiger partial charge in [-0.2, -0.15) is 0 Å². The number of hydrogen-bond acceptors (Lipinski definition) is 4. The molecule has 2 N–H and O–H groups in total. The quantitative estimate of drug-likeness (QED) is 0.305. The third-order valence-corrected chi connectivity index (χ3v) is 2.59. The molecule has 0 atom stereocenters. The summed E-state index contributed by atoms with van der Waals surface area (Å²) in [6.07, 6.45) is 0. The largest absolute Gasteiger partial charge is 0.482 e. The fourth-order valence-corrected chi connectivity index (χ4v) is 1.61. The van der Waals surface area contributed by atoms with Crippen LogP contribution in [0.3, 0.4) is 0 Å². The summed E-state index contributed by atoms with van der Waals surface area (Å²) < 4.78 is 9.88. The maximum atomic E-state index is 11.0. The van der Waals surface area contributed by atoms with E-state index < -0.39 is 5.97 Å². The number of hydrogen-bond donors (Lipinski definition) is 2. The number of methoxy groups -OCH3 is 1. The van der Waals surface area contributed by atoms with E-state index in [0.717, 1.165) is 24.6 Å². The number of nitrogens with zero attached hydrogens (tertiary/aromatic N) is 1. The van der Waals surface area contributed by atoms with Gasteiger partial charge in [0.1, 0.15) is 5.75 Å². The number of aliphatic imine (C=N–C) groups is 1. The average molecular weight is 421 g/mol. The van der Waals surface area contributed by atoms with Crippen molar-refractivity contribution in [2.24, 2.45) is 4.99 Å². The molecular formula is C15H24IN3O3. The number of rotatable bonds is 7. The molecule has 22 heavy (non-hydrogen) atoms. The minimum atomic E-state index is -0.403. The first-order valence-electron chi connectivity index (χ1n) is 7.00. The minimum Gasteiger partial charge on any atom is -0.482 e. The highest BCUT2D eigenvalue weighted by atomic mass is 127. The van der Waals surface area contributed by atoms with E-state index in [1.54, 1.807) is 6.07 Å². The van der Waals surface area contributed by atoms with E-state index in [-0.39, 0.29) is 30.6 Å². The number of esters is 1. The van der Waals surface area contributed by atoms with Crippen LogP contribution in [-0.4, -0.2) is 38.7 Å². The molecule has 0 bridgehead atoms. The van der Waals surface area contributed by atoms with Gasteiger partial charge >= 0.3 is 5.97 Å². The first-order chi connectivity index (χ1) is 10.2. The van der Waals surface area contributed by atoms with Crippen molar-refractivity contribution in [2.45, 2.75) is 20.4 Å². The third-order valence-electron chi connectivity index (χ3n) is 2.59. The Hall–Kier alpha value is -1.51. The van der Waals surface area contributed by atoms with Gasteiger partial charge in [-0.15, -0.1) is 24.0 Å². The molecule has 1 aromatic carbocycles. The highest BCUT2D eigenvalue weighted by molar-refractivity contribution is 14.0. The first-order valence-corrected chi connectivity index (χ1v) is 7.00. The van der Waals surface area contributed by atoms with Crippen LogP contribution >= 0.6 is 24.0 Å². The van der Waals surface area contributed by atoms with Crippen molar-refractivity contribution in [1.29, 1.82) is 0 Å². The van der Waals surface area contributed by atoms with Crippen molar-refractivity contribution in [1.82, 2.24) is 10.6 Å². The predicted molar refractivity (Wildman–Crippen MR) is 97.9 cm³/mol. The van der Waals surface area contributed by atoms with Crippen LogP contribution in [0.5, 0.6) is 5.75 Å². The molecule has 0 saturated heterocycles. The molecule has 1 aromatic rings. The summed E-state index contributed by atoms with van der Waals surface area (Å²) in [6.45, 7) is 6.11. The van der Waals surface area contributed by atoms with E-state index >= 15 is 0 Å². The minimum absolute atomic E-state index is 0. The maximum absolute atomic E-state index is 11.0. The summed E-state index contributed by atoms with van der Waals surface area (Å²) >= 11 is 0. The summed E-state index contributed by atoms with van der Waals surface area (Å²) in [6, 6.07) is 7.50. The van der Waals surface area contributed by atoms with Crippen molar-refractivity contribution in [3.05, 3.63) is 29.8 Å². The highest BCUT2D eigenvalue weighted by Gasteiger charge is 2.02. The van der Waals surface area contributed by atoms with Crippen molar-refractivity contribution in [3.63, 3.8) is 0 Å². The van der Waals surface area contributed by atoms with E-state index in [9.17, 15) is 4.79 Å². The molecular weight excluding hydrogens is 397 g/mol. The molecule has 7 heteroatoms. The Balaban J connectivity index is 0.00000441. The third kappa shape index (κ3) is 8.06. The summed E-state index contributed by atoms with van der Waals surface area (Å²) in [5.74, 6) is 1.00. The molecule has 0 spiro atoms. The molecule has 0 unspecified atom stereocenters. The molecule has 0 saturated carbocycles. The van der Waals surface area contributed by atoms with Crippen LogP contribution in [0.15, 0.2) is 29.3 Å². The van der Waals surface area contributed by atoms with E-state index in [1.807, 2.05) is 32.0 Å². The van der Waals surface area contributed by atoms with Gasteiger partial charge in [0.05, 0.1) is 13.7 Å². The molecule has 0 radical (unpaired) electrons. The second-order valence-corrected chi connectivity index (χ2v) is 4.24. The normalized spacial score (nSPS) is 9.23. The molecule has 0 aliphatic carbocycles. The van der Waals surface area contributed by atoms with Crippen LogP contribution in [-0.2, 0) is 16.1 Å². The van der Waals surface area contributed by atoms with Crippen molar-refractivity contribution in [3.8, 4) is 5.75 Å². The molecule has 0 aliphatic heterocycles. The Morgan fingerprint density at radius 1 is 1.23 bits per heavy atom. The van der Waals surface area contributed by atoms with Crippen LogP contribution in [0, 0.1) is 0 Å². The van der Waals surface area contributed by atoms with Crippen molar-refractivity contribution < 1.29 is 14.3 Å². The van der Waals surface area contributed by atoms with Gasteiger partial charge in [0, 0.05) is 13.1 Å². The topological polar surface area (TPSA) is 72.0 Å². The molecule has 0 heterocycles. The van der Waals surface area contributed by atoms with Gasteiger partial charge in [-0.3, -0.25) is 0 Å². The summed E-state index contributed by atoms with van der Waals surface area (Å²) in [5.41, 5.74) is 1.01. The Labute approximate surface area is 148 Å². The fourth-order valence-electron chi connectivity index (χ4n) is 1.61. The van der Waals surface area contributed by atoms with Crippen molar-refractivity contribution >= 4 is 35.9 Å². The number of ether oxygens (including phenoxy) is 2. The highest BCUT2D eigenvalue weighted by Crippen LogP contribution is 2.14. The summed E-state index contributed by atoms with van der Waals surface area (Å²) in [5, 5.41) is 6.33. The van der Waals surface area contributed by atoms with Crippen LogP contribution in [0.25, 0.3) is 0 Å². The van der Waals surface area contributed by atoms with Crippen LogP contribution in [0.1, 0.15) is 19.4 Å². The van der Waals surface area contributed by atoms with Gasteiger partial charge < -0.3 is 20.1 Å². The van der Waals surface area contributed by atoms with Crippen LogP contribution in [0.4, 0.5) is 0 Å². The Kier molecular flexibility index (Phi) is 11.2. The zero-order valence-corrected chi connectivity index (χ0v) is 15.5. The molecule has 1 rings (SSSR count). The monoisotopic (exact) mass is 421 g/mol. The van der Waals surface area contributed by atoms with E-state index in [4.69, 9.17) is 4.74 Å². The molecule has 0 amide bonds. The lowest BCUT2D eigenvalue weighted by atomic mass is 10.2. The lowest BCUT2D eigenvalue weighted by Gasteiger charge is -2.09. The summed E-state index contributed by atoms with van der Waals surface area (Å²) in [7, 11) is 1.33. The van der Waals surface area contributed by atoms with Gasteiger partial charge in [-0.1, -0.05) is 12.1 Å². The van der Waals surface area contributed by atoms with E-state index in [1.165, 1.54) is 7.11 Å². The number of benzene rings is 1. The van der Waals surface area contributed by atoms with Gasteiger partial charge in [0.25, 0.3) is 0 Å². The Morgan fingerprint density at radius 2 is 1.91 bits per heavy atom. The smallest absolute Gasteiger partial charge is 0.343 e. The zero-order valence-electron chi connectivity index (χ0n) is 13.2. The van der Waals surface area contributed by atoms with Crippen LogP contribution in [0.2, 0.25) is 0 Å². The Morgan fingerprint density at radius 3 is 2.50 bits per heavy atom. The van der Waals surface area contributed by atoms with Gasteiger partial charge in [-0.25, -0.2) is 9.79 Å². The van der Waals surface area contributed by atoms with E-state index in [0.29, 0.717) is 12.3 Å². The molecule has 0 aromatic heterocycles. The number of carbonyl (C=O) groups excluding carboxylic acids is 1. The Bertz CT molecular complexity index is 473. The van der Waals surface area contributed by atoms with Gasteiger partial charge in [-0.05, 0) is 31.5 Å². The number of halogens is 1. The summed E-state index contributed by atoms with van der Waals surface area (Å²) in [4.78, 5) is 15.5. The first kappa shape index (κ1) is 20.5.